The summed E-state index contributed by atoms with van der Waals surface area (Å²) in [4.78, 5) is 0.308. The van der Waals surface area contributed by atoms with Crippen molar-refractivity contribution in [1.82, 2.24) is 9.62 Å². The van der Waals surface area contributed by atoms with Gasteiger partial charge in [0.15, 0.2) is 0 Å². The smallest absolute Gasteiger partial charge is 0.246 e. The molecule has 0 aromatic carbocycles. The highest BCUT2D eigenvalue weighted by atomic mass is 32.2. The second kappa shape index (κ2) is 6.07. The summed E-state index contributed by atoms with van der Waals surface area (Å²) in [5.41, 5.74) is 0.718. The van der Waals surface area contributed by atoms with Gasteiger partial charge in [-0.2, -0.15) is 0 Å². The van der Waals surface area contributed by atoms with Crippen molar-refractivity contribution in [3.8, 4) is 0 Å². The van der Waals surface area contributed by atoms with Crippen molar-refractivity contribution in [3.05, 3.63) is 17.1 Å². The molecule has 1 aromatic rings. The van der Waals surface area contributed by atoms with Crippen LogP contribution in [0.4, 0.5) is 0 Å². The molecule has 19 heavy (non-hydrogen) atoms. The van der Waals surface area contributed by atoms with Crippen LogP contribution in [-0.4, -0.2) is 33.4 Å². The van der Waals surface area contributed by atoms with Crippen molar-refractivity contribution in [2.75, 3.05) is 20.6 Å². The Morgan fingerprint density at radius 3 is 2.32 bits per heavy atom. The fourth-order valence-corrected chi connectivity index (χ4v) is 3.94. The van der Waals surface area contributed by atoms with Crippen molar-refractivity contribution in [1.29, 1.82) is 0 Å². The van der Waals surface area contributed by atoms with E-state index >= 15 is 0 Å². The average Bonchev–Trinajstić information content (AvgIpc) is 2.53. The van der Waals surface area contributed by atoms with Crippen molar-refractivity contribution < 1.29 is 12.8 Å². The van der Waals surface area contributed by atoms with Gasteiger partial charge in [-0.15, -0.1) is 0 Å². The van der Waals surface area contributed by atoms with E-state index < -0.39 is 10.0 Å². The minimum atomic E-state index is -3.50. The molecule has 0 bridgehead atoms. The van der Waals surface area contributed by atoms with E-state index in [0.29, 0.717) is 29.5 Å². The van der Waals surface area contributed by atoms with E-state index in [-0.39, 0.29) is 5.92 Å². The first-order valence-corrected chi connectivity index (χ1v) is 7.85. The Balaban J connectivity index is 3.28. The molecule has 1 rings (SSSR count). The molecule has 1 aromatic heterocycles. The first-order chi connectivity index (χ1) is 8.71. The van der Waals surface area contributed by atoms with Gasteiger partial charge in [0.25, 0.3) is 0 Å². The number of hydrogen-bond acceptors (Lipinski definition) is 4. The minimum absolute atomic E-state index is 0.279. The maximum atomic E-state index is 12.6. The van der Waals surface area contributed by atoms with Crippen molar-refractivity contribution in [2.24, 2.45) is 5.92 Å². The monoisotopic (exact) mass is 288 g/mol. The molecular weight excluding hydrogens is 264 g/mol. The van der Waals surface area contributed by atoms with Crippen LogP contribution in [0.1, 0.15) is 30.9 Å². The van der Waals surface area contributed by atoms with Crippen molar-refractivity contribution in [3.63, 3.8) is 0 Å². The van der Waals surface area contributed by atoms with Gasteiger partial charge in [0.2, 0.25) is 10.0 Å². The molecular formula is C13H24N2O3S. The zero-order chi connectivity index (χ0) is 14.8. The van der Waals surface area contributed by atoms with E-state index in [2.05, 4.69) is 5.32 Å². The summed E-state index contributed by atoms with van der Waals surface area (Å²) in [5, 5.41) is 2.99. The van der Waals surface area contributed by atoms with Crippen LogP contribution in [0.2, 0.25) is 0 Å². The van der Waals surface area contributed by atoms with Crippen molar-refractivity contribution >= 4 is 10.0 Å². The maximum Gasteiger partial charge on any atom is 0.246 e. The summed E-state index contributed by atoms with van der Waals surface area (Å²) in [7, 11) is -0.0981. The number of hydrogen-bond donors (Lipinski definition) is 1. The molecule has 0 spiro atoms. The third-order valence-corrected chi connectivity index (χ3v) is 4.99. The lowest BCUT2D eigenvalue weighted by molar-refractivity contribution is 0.414. The molecule has 0 radical (unpaired) electrons. The van der Waals surface area contributed by atoms with Gasteiger partial charge in [0, 0.05) is 25.7 Å². The Hall–Kier alpha value is -0.850. The zero-order valence-electron chi connectivity index (χ0n) is 12.6. The second-order valence-corrected chi connectivity index (χ2v) is 7.21. The Kier molecular flexibility index (Phi) is 5.18. The number of aryl methyl sites for hydroxylation is 2. The number of sulfonamides is 1. The second-order valence-electron chi connectivity index (χ2n) is 5.23. The van der Waals surface area contributed by atoms with E-state index in [4.69, 9.17) is 4.42 Å². The molecule has 0 amide bonds. The van der Waals surface area contributed by atoms with Gasteiger partial charge < -0.3 is 9.73 Å². The van der Waals surface area contributed by atoms with Gasteiger partial charge >= 0.3 is 0 Å². The van der Waals surface area contributed by atoms with Gasteiger partial charge in [-0.05, 0) is 26.8 Å². The number of furan rings is 1. The number of nitrogens with one attached hydrogen (secondary N) is 1. The lowest BCUT2D eigenvalue weighted by Gasteiger charge is -2.19. The van der Waals surface area contributed by atoms with Crippen molar-refractivity contribution in [2.45, 2.75) is 39.1 Å². The first-order valence-electron chi connectivity index (χ1n) is 6.41. The molecule has 0 saturated heterocycles. The maximum absolute atomic E-state index is 12.6. The Bertz CT molecular complexity index is 532. The van der Waals surface area contributed by atoms with Crippen LogP contribution in [0.5, 0.6) is 0 Å². The Morgan fingerprint density at radius 2 is 1.84 bits per heavy atom. The van der Waals surface area contributed by atoms with E-state index in [1.807, 2.05) is 13.8 Å². The minimum Gasteiger partial charge on any atom is -0.465 e. The highest BCUT2D eigenvalue weighted by molar-refractivity contribution is 7.89. The van der Waals surface area contributed by atoms with Gasteiger partial charge in [-0.3, -0.25) is 0 Å². The fraction of sp³-hybridized carbons (Fsp3) is 0.692. The number of nitrogens with zero attached hydrogens (tertiary/aromatic N) is 1. The molecule has 0 aliphatic rings. The molecule has 0 aliphatic heterocycles. The fourth-order valence-electron chi connectivity index (χ4n) is 2.20. The normalized spacial score (nSPS) is 12.6. The van der Waals surface area contributed by atoms with E-state index in [9.17, 15) is 8.42 Å². The highest BCUT2D eigenvalue weighted by Gasteiger charge is 2.30. The Labute approximate surface area is 116 Å². The summed E-state index contributed by atoms with van der Waals surface area (Å²) >= 11 is 0. The largest absolute Gasteiger partial charge is 0.465 e. The van der Waals surface area contributed by atoms with Gasteiger partial charge in [-0.25, -0.2) is 12.7 Å². The van der Waals surface area contributed by atoms with Crippen LogP contribution in [0, 0.1) is 19.8 Å². The zero-order valence-corrected chi connectivity index (χ0v) is 13.4. The highest BCUT2D eigenvalue weighted by Crippen LogP contribution is 2.29. The third kappa shape index (κ3) is 3.38. The van der Waals surface area contributed by atoms with Crippen LogP contribution in [0.3, 0.4) is 0 Å². The lowest BCUT2D eigenvalue weighted by Crippen LogP contribution is -2.31. The average molecular weight is 288 g/mol. The summed E-state index contributed by atoms with van der Waals surface area (Å²) < 4.78 is 32.2. The summed E-state index contributed by atoms with van der Waals surface area (Å²) in [6, 6.07) is 0. The molecule has 0 saturated carbocycles. The number of rotatable bonds is 6. The van der Waals surface area contributed by atoms with Crippen LogP contribution >= 0.6 is 0 Å². The quantitative estimate of drug-likeness (QED) is 0.868. The van der Waals surface area contributed by atoms with E-state index in [1.165, 1.54) is 4.31 Å². The summed E-state index contributed by atoms with van der Waals surface area (Å²) in [6.07, 6.45) is 0. The SMILES string of the molecule is CNCc1c(C)oc(C)c1S(=O)(=O)N(C)CC(C)C. The molecule has 1 N–H and O–H groups in total. The van der Waals surface area contributed by atoms with Crippen LogP contribution in [0.25, 0.3) is 0 Å². The van der Waals surface area contributed by atoms with Gasteiger partial charge in [0.05, 0.1) is 0 Å². The molecule has 110 valence electrons. The predicted molar refractivity (Wildman–Crippen MR) is 75.6 cm³/mol. The molecule has 0 fully saturated rings. The Morgan fingerprint density at radius 1 is 1.26 bits per heavy atom. The summed E-state index contributed by atoms with van der Waals surface area (Å²) in [6.45, 7) is 8.45. The predicted octanol–water partition coefficient (Wildman–Crippen LogP) is 1.89. The van der Waals surface area contributed by atoms with Crippen LogP contribution < -0.4 is 5.32 Å². The standard InChI is InChI=1S/C13H24N2O3S/c1-9(2)8-15(6)19(16,17)13-11(4)18-10(3)12(13)7-14-5/h9,14H,7-8H2,1-6H3. The molecule has 0 atom stereocenters. The topological polar surface area (TPSA) is 62.6 Å². The third-order valence-electron chi connectivity index (χ3n) is 2.97. The molecule has 0 unspecified atom stereocenters. The molecule has 6 heteroatoms. The van der Waals surface area contributed by atoms with E-state index in [0.717, 1.165) is 5.56 Å². The molecule has 5 nitrogen and oxygen atoms in total. The van der Waals surface area contributed by atoms with E-state index in [1.54, 1.807) is 27.9 Å². The van der Waals surface area contributed by atoms with Gasteiger partial charge in [-0.1, -0.05) is 13.8 Å². The molecule has 0 aliphatic carbocycles. The molecule has 1 heterocycles. The summed E-state index contributed by atoms with van der Waals surface area (Å²) in [5.74, 6) is 1.39. The van der Waals surface area contributed by atoms with Gasteiger partial charge in [0.1, 0.15) is 16.4 Å². The van der Waals surface area contributed by atoms with Crippen LogP contribution in [-0.2, 0) is 16.6 Å². The van der Waals surface area contributed by atoms with Crippen LogP contribution in [0.15, 0.2) is 9.31 Å². The first kappa shape index (κ1) is 16.2. The lowest BCUT2D eigenvalue weighted by atomic mass is 10.2.